The first-order valence-electron chi connectivity index (χ1n) is 8.78. The number of carbonyl (C=O) groups is 1. The second kappa shape index (κ2) is 15.9. The number of benzene rings is 1. The van der Waals surface area contributed by atoms with E-state index in [1.165, 1.54) is 28.8 Å². The summed E-state index contributed by atoms with van der Waals surface area (Å²) in [4.78, 5) is 10.4. The van der Waals surface area contributed by atoms with Gasteiger partial charge in [0.05, 0.1) is 0 Å². The van der Waals surface area contributed by atoms with Crippen LogP contribution >= 0.6 is 0 Å². The lowest BCUT2D eigenvalue weighted by atomic mass is 10.1. The Labute approximate surface area is 149 Å². The number of carbonyl (C=O) groups excluding carboxylic acids is 1. The van der Waals surface area contributed by atoms with Gasteiger partial charge in [-0.15, -0.1) is 0 Å². The maximum atomic E-state index is 8.00. The number of nitrogens with one attached hydrogen (secondary N) is 1. The minimum atomic E-state index is 0.983. The second-order valence-corrected chi connectivity index (χ2v) is 5.37. The quantitative estimate of drug-likeness (QED) is 0.817. The van der Waals surface area contributed by atoms with E-state index in [-0.39, 0.29) is 0 Å². The molecule has 0 saturated heterocycles. The van der Waals surface area contributed by atoms with Crippen molar-refractivity contribution in [1.82, 2.24) is 5.32 Å². The highest BCUT2D eigenvalue weighted by Gasteiger charge is 2.18. The van der Waals surface area contributed by atoms with Crippen LogP contribution in [0.5, 0.6) is 0 Å². The lowest BCUT2D eigenvalue weighted by Gasteiger charge is -2.20. The van der Waals surface area contributed by atoms with Crippen LogP contribution in [-0.2, 0) is 11.2 Å². The van der Waals surface area contributed by atoms with E-state index in [0.29, 0.717) is 0 Å². The summed E-state index contributed by atoms with van der Waals surface area (Å²) in [7, 11) is 0. The number of anilines is 1. The van der Waals surface area contributed by atoms with Crippen LogP contribution in [0.3, 0.4) is 0 Å². The minimum absolute atomic E-state index is 0.983. The lowest BCUT2D eigenvalue weighted by Crippen LogP contribution is -2.23. The van der Waals surface area contributed by atoms with E-state index < -0.39 is 0 Å². The Balaban J connectivity index is 0. The molecule has 24 heavy (non-hydrogen) atoms. The molecule has 1 N–H and O–H groups in total. The highest BCUT2D eigenvalue weighted by Crippen LogP contribution is 2.29. The van der Waals surface area contributed by atoms with Crippen LogP contribution in [0, 0.1) is 6.92 Å². The summed E-state index contributed by atoms with van der Waals surface area (Å²) in [5.41, 5.74) is 5.53. The van der Waals surface area contributed by atoms with Crippen molar-refractivity contribution in [2.24, 2.45) is 0 Å². The summed E-state index contributed by atoms with van der Waals surface area (Å²) in [6.07, 6.45) is 6.13. The van der Waals surface area contributed by atoms with Crippen LogP contribution in [-0.4, -0.2) is 19.9 Å². The molecule has 1 aliphatic rings. The summed E-state index contributed by atoms with van der Waals surface area (Å²) in [5, 5.41) is 3.03. The molecule has 0 radical (unpaired) electrons. The Morgan fingerprint density at radius 2 is 1.88 bits per heavy atom. The molecule has 0 aromatic heterocycles. The van der Waals surface area contributed by atoms with Gasteiger partial charge in [0.15, 0.2) is 0 Å². The van der Waals surface area contributed by atoms with Gasteiger partial charge in [-0.05, 0) is 49.2 Å². The molecule has 3 heteroatoms. The average molecular weight is 333 g/mol. The predicted octanol–water partition coefficient (Wildman–Crippen LogP) is 5.25. The first-order chi connectivity index (χ1) is 11.6. The summed E-state index contributed by atoms with van der Waals surface area (Å²) >= 11 is 0. The van der Waals surface area contributed by atoms with E-state index >= 15 is 0 Å². The zero-order valence-corrected chi connectivity index (χ0v) is 16.5. The van der Waals surface area contributed by atoms with Gasteiger partial charge in [-0.2, -0.15) is 0 Å². The standard InChI is InChI=1S/C15H20N2.C3H8.C2H6.CH2O/c1-4-16-10-13(3)11-17-8-7-14-6-5-12(2)9-15(14)17;1-3-2;2*1-2/h4-6,9-10,16H,1,7-8,11H2,2-3H3;3H2,1-2H3;1-2H3;1H2/b13-10+;;;. The third-order valence-corrected chi connectivity index (χ3v) is 3.12. The zero-order valence-electron chi connectivity index (χ0n) is 16.5. The van der Waals surface area contributed by atoms with Gasteiger partial charge in [0.2, 0.25) is 0 Å². The number of aryl methyl sites for hydroxylation is 1. The van der Waals surface area contributed by atoms with E-state index in [1.807, 2.05) is 26.8 Å². The fraction of sp³-hybridized carbons (Fsp3) is 0.476. The summed E-state index contributed by atoms with van der Waals surface area (Å²) in [6.45, 7) is 20.3. The number of hydrogen-bond donors (Lipinski definition) is 1. The molecule has 0 aliphatic carbocycles. The molecule has 1 heterocycles. The monoisotopic (exact) mass is 332 g/mol. The molecular weight excluding hydrogens is 296 g/mol. The van der Waals surface area contributed by atoms with Crippen LogP contribution in [0.25, 0.3) is 0 Å². The Morgan fingerprint density at radius 3 is 2.42 bits per heavy atom. The molecule has 0 bridgehead atoms. The van der Waals surface area contributed by atoms with Crippen LogP contribution in [0.1, 0.15) is 52.2 Å². The van der Waals surface area contributed by atoms with Crippen molar-refractivity contribution in [2.45, 2.75) is 54.4 Å². The summed E-state index contributed by atoms with van der Waals surface area (Å²) < 4.78 is 0. The summed E-state index contributed by atoms with van der Waals surface area (Å²) in [5.74, 6) is 0. The maximum Gasteiger partial charge on any atom is 0.106 e. The van der Waals surface area contributed by atoms with Crippen molar-refractivity contribution in [2.75, 3.05) is 18.0 Å². The molecule has 0 unspecified atom stereocenters. The van der Waals surface area contributed by atoms with Crippen LogP contribution in [0.4, 0.5) is 5.69 Å². The van der Waals surface area contributed by atoms with Gasteiger partial charge >= 0.3 is 0 Å². The first kappa shape index (κ1) is 24.2. The number of hydrogen-bond acceptors (Lipinski definition) is 3. The van der Waals surface area contributed by atoms with E-state index in [4.69, 9.17) is 4.79 Å². The maximum absolute atomic E-state index is 8.00. The van der Waals surface area contributed by atoms with Crippen molar-refractivity contribution in [1.29, 1.82) is 0 Å². The molecule has 3 nitrogen and oxygen atoms in total. The van der Waals surface area contributed by atoms with E-state index in [0.717, 1.165) is 19.5 Å². The molecule has 1 aromatic rings. The van der Waals surface area contributed by atoms with E-state index in [1.54, 1.807) is 6.20 Å². The fourth-order valence-electron chi connectivity index (χ4n) is 2.27. The summed E-state index contributed by atoms with van der Waals surface area (Å²) in [6, 6.07) is 6.74. The molecule has 0 spiro atoms. The van der Waals surface area contributed by atoms with Gasteiger partial charge in [-0.3, -0.25) is 0 Å². The van der Waals surface area contributed by atoms with E-state index in [9.17, 15) is 0 Å². The van der Waals surface area contributed by atoms with Gasteiger partial charge in [-0.25, -0.2) is 0 Å². The molecular formula is C21H36N2O. The molecule has 1 aliphatic heterocycles. The Kier molecular flexibility index (Phi) is 16.0. The molecule has 0 fully saturated rings. The van der Waals surface area contributed by atoms with Crippen molar-refractivity contribution in [3.05, 3.63) is 53.9 Å². The van der Waals surface area contributed by atoms with Gasteiger partial charge < -0.3 is 15.0 Å². The second-order valence-electron chi connectivity index (χ2n) is 5.37. The first-order valence-corrected chi connectivity index (χ1v) is 8.78. The molecule has 2 rings (SSSR count). The topological polar surface area (TPSA) is 32.3 Å². The van der Waals surface area contributed by atoms with Gasteiger partial charge in [-0.1, -0.05) is 52.8 Å². The highest BCUT2D eigenvalue weighted by atomic mass is 16.1. The highest BCUT2D eigenvalue weighted by molar-refractivity contribution is 5.60. The van der Waals surface area contributed by atoms with Crippen LogP contribution < -0.4 is 10.2 Å². The van der Waals surface area contributed by atoms with Crippen molar-refractivity contribution in [3.8, 4) is 0 Å². The zero-order chi connectivity index (χ0) is 19.0. The number of rotatable bonds is 4. The number of fused-ring (bicyclic) bond motifs is 1. The minimum Gasteiger partial charge on any atom is -0.368 e. The molecule has 1 aromatic carbocycles. The number of nitrogens with zero attached hydrogens (tertiary/aromatic N) is 1. The Morgan fingerprint density at radius 1 is 1.29 bits per heavy atom. The van der Waals surface area contributed by atoms with Crippen LogP contribution in [0.15, 0.2) is 42.8 Å². The van der Waals surface area contributed by atoms with Gasteiger partial charge in [0, 0.05) is 25.0 Å². The molecule has 0 saturated carbocycles. The lowest BCUT2D eigenvalue weighted by molar-refractivity contribution is -0.0979. The third-order valence-electron chi connectivity index (χ3n) is 3.12. The SMILES string of the molecule is C=CN/C=C(\C)CN1CCc2ccc(C)cc21.C=O.CC.CCC. The van der Waals surface area contributed by atoms with Gasteiger partial charge in [0.25, 0.3) is 0 Å². The average Bonchev–Trinajstić information content (AvgIpc) is 2.99. The molecule has 0 amide bonds. The fourth-order valence-corrected chi connectivity index (χ4v) is 2.27. The smallest absolute Gasteiger partial charge is 0.106 e. The normalized spacial score (nSPS) is 11.6. The Hall–Kier alpha value is -2.03. The largest absolute Gasteiger partial charge is 0.368 e. The van der Waals surface area contributed by atoms with Gasteiger partial charge in [0.1, 0.15) is 6.79 Å². The van der Waals surface area contributed by atoms with Crippen molar-refractivity contribution in [3.63, 3.8) is 0 Å². The van der Waals surface area contributed by atoms with Crippen LogP contribution in [0.2, 0.25) is 0 Å². The van der Waals surface area contributed by atoms with Crippen molar-refractivity contribution >= 4 is 12.5 Å². The molecule has 0 atom stereocenters. The van der Waals surface area contributed by atoms with Crippen molar-refractivity contribution < 1.29 is 4.79 Å². The predicted molar refractivity (Wildman–Crippen MR) is 109 cm³/mol. The third kappa shape index (κ3) is 9.19. The molecule has 136 valence electrons. The van der Waals surface area contributed by atoms with E-state index in [2.05, 4.69) is 62.7 Å². The Bertz CT molecular complexity index is 481.